The van der Waals surface area contributed by atoms with E-state index in [9.17, 15) is 4.79 Å². The molecule has 2 atom stereocenters. The summed E-state index contributed by atoms with van der Waals surface area (Å²) in [5, 5.41) is 9.12. The fourth-order valence-electron chi connectivity index (χ4n) is 2.25. The Bertz CT molecular complexity index is 353. The molecule has 0 spiro atoms. The Morgan fingerprint density at radius 3 is 2.80 bits per heavy atom. The van der Waals surface area contributed by atoms with Crippen molar-refractivity contribution in [3.05, 3.63) is 30.1 Å². The van der Waals surface area contributed by atoms with Gasteiger partial charge >= 0.3 is 5.97 Å². The van der Waals surface area contributed by atoms with Gasteiger partial charge in [-0.3, -0.25) is 14.7 Å². The van der Waals surface area contributed by atoms with Crippen molar-refractivity contribution in [3.63, 3.8) is 0 Å². The number of carboxylic acid groups (broad SMARTS) is 1. The molecule has 4 heteroatoms. The Morgan fingerprint density at radius 1 is 1.53 bits per heavy atom. The van der Waals surface area contributed by atoms with E-state index >= 15 is 0 Å². The van der Waals surface area contributed by atoms with Crippen molar-refractivity contribution in [2.24, 2.45) is 5.92 Å². The lowest BCUT2D eigenvalue weighted by Crippen LogP contribution is -2.25. The molecule has 15 heavy (non-hydrogen) atoms. The van der Waals surface area contributed by atoms with Crippen LogP contribution < -0.4 is 0 Å². The van der Waals surface area contributed by atoms with Gasteiger partial charge in [-0.1, -0.05) is 0 Å². The van der Waals surface area contributed by atoms with E-state index in [2.05, 4.69) is 9.88 Å². The normalized spacial score (nSPS) is 26.7. The molecule has 80 valence electrons. The molecule has 0 saturated carbocycles. The molecule has 2 rings (SSSR count). The van der Waals surface area contributed by atoms with Crippen molar-refractivity contribution in [2.45, 2.75) is 12.5 Å². The second kappa shape index (κ2) is 3.98. The molecule has 0 aliphatic carbocycles. The van der Waals surface area contributed by atoms with Crippen LogP contribution in [-0.2, 0) is 4.79 Å². The molecule has 1 aliphatic rings. The Hall–Kier alpha value is -1.42. The lowest BCUT2D eigenvalue weighted by Gasteiger charge is -2.22. The standard InChI is InChI=1S/C11H14N2O2/c1-13-7-4-9(11(14)15)10(13)8-2-5-12-6-3-8/h2-3,5-6,9-10H,4,7H2,1H3,(H,14,15)/t9-,10+/m0/s1. The monoisotopic (exact) mass is 206 g/mol. The average molecular weight is 206 g/mol. The van der Waals surface area contributed by atoms with Gasteiger partial charge in [0, 0.05) is 18.4 Å². The van der Waals surface area contributed by atoms with E-state index in [-0.39, 0.29) is 12.0 Å². The molecular formula is C11H14N2O2. The lowest BCUT2D eigenvalue weighted by molar-refractivity contribution is -0.142. The van der Waals surface area contributed by atoms with E-state index in [4.69, 9.17) is 5.11 Å². The van der Waals surface area contributed by atoms with Crippen LogP contribution in [-0.4, -0.2) is 34.6 Å². The molecule has 4 nitrogen and oxygen atoms in total. The van der Waals surface area contributed by atoms with Crippen LogP contribution in [0.15, 0.2) is 24.5 Å². The van der Waals surface area contributed by atoms with Gasteiger partial charge in [-0.15, -0.1) is 0 Å². The van der Waals surface area contributed by atoms with Gasteiger partial charge in [-0.2, -0.15) is 0 Å². The molecule has 1 aliphatic heterocycles. The van der Waals surface area contributed by atoms with Crippen LogP contribution in [0.3, 0.4) is 0 Å². The fraction of sp³-hybridized carbons (Fsp3) is 0.455. The van der Waals surface area contributed by atoms with Crippen molar-refractivity contribution in [1.82, 2.24) is 9.88 Å². The van der Waals surface area contributed by atoms with Crippen LogP contribution in [0.5, 0.6) is 0 Å². The van der Waals surface area contributed by atoms with Gasteiger partial charge in [0.2, 0.25) is 0 Å². The quantitative estimate of drug-likeness (QED) is 0.789. The zero-order valence-electron chi connectivity index (χ0n) is 8.63. The number of carbonyl (C=O) groups is 1. The van der Waals surface area contributed by atoms with Crippen LogP contribution in [0.2, 0.25) is 0 Å². The van der Waals surface area contributed by atoms with Crippen LogP contribution >= 0.6 is 0 Å². The Kier molecular flexibility index (Phi) is 2.68. The molecule has 0 aromatic carbocycles. The minimum absolute atomic E-state index is 0.00880. The fourth-order valence-corrected chi connectivity index (χ4v) is 2.25. The zero-order chi connectivity index (χ0) is 10.8. The Labute approximate surface area is 88.6 Å². The molecule has 1 saturated heterocycles. The van der Waals surface area contributed by atoms with Crippen molar-refractivity contribution in [1.29, 1.82) is 0 Å². The number of aliphatic carboxylic acids is 1. The highest BCUT2D eigenvalue weighted by molar-refractivity contribution is 5.71. The van der Waals surface area contributed by atoms with Crippen molar-refractivity contribution < 1.29 is 9.90 Å². The minimum atomic E-state index is -0.707. The summed E-state index contributed by atoms with van der Waals surface area (Å²) in [5.41, 5.74) is 1.04. The zero-order valence-corrected chi connectivity index (χ0v) is 8.63. The number of rotatable bonds is 2. The Morgan fingerprint density at radius 2 is 2.20 bits per heavy atom. The summed E-state index contributed by atoms with van der Waals surface area (Å²) in [6.45, 7) is 0.837. The average Bonchev–Trinajstić information content (AvgIpc) is 2.61. The molecule has 1 aromatic heterocycles. The smallest absolute Gasteiger partial charge is 0.308 e. The third-order valence-corrected chi connectivity index (χ3v) is 3.01. The highest BCUT2D eigenvalue weighted by atomic mass is 16.4. The van der Waals surface area contributed by atoms with Gasteiger partial charge in [0.25, 0.3) is 0 Å². The van der Waals surface area contributed by atoms with Gasteiger partial charge < -0.3 is 5.11 Å². The molecule has 0 unspecified atom stereocenters. The summed E-state index contributed by atoms with van der Waals surface area (Å²) in [7, 11) is 1.97. The number of likely N-dealkylation sites (tertiary alicyclic amines) is 1. The maximum atomic E-state index is 11.1. The Balaban J connectivity index is 2.29. The molecule has 1 N–H and O–H groups in total. The van der Waals surface area contributed by atoms with Crippen molar-refractivity contribution >= 4 is 5.97 Å². The molecule has 0 radical (unpaired) electrons. The van der Waals surface area contributed by atoms with Gasteiger partial charge in [0.05, 0.1) is 5.92 Å². The van der Waals surface area contributed by atoms with Gasteiger partial charge in [0.1, 0.15) is 0 Å². The van der Waals surface area contributed by atoms with E-state index in [1.165, 1.54) is 0 Å². The third-order valence-electron chi connectivity index (χ3n) is 3.01. The maximum Gasteiger partial charge on any atom is 0.308 e. The summed E-state index contributed by atoms with van der Waals surface area (Å²) in [5.74, 6) is -1.00. The number of hydrogen-bond acceptors (Lipinski definition) is 3. The lowest BCUT2D eigenvalue weighted by atomic mass is 9.95. The van der Waals surface area contributed by atoms with Crippen LogP contribution in [0.25, 0.3) is 0 Å². The molecule has 2 heterocycles. The van der Waals surface area contributed by atoms with Gasteiger partial charge in [0.15, 0.2) is 0 Å². The number of aromatic nitrogens is 1. The first kappa shape index (κ1) is 10.1. The first-order chi connectivity index (χ1) is 7.20. The summed E-state index contributed by atoms with van der Waals surface area (Å²) >= 11 is 0. The van der Waals surface area contributed by atoms with E-state index in [1.807, 2.05) is 19.2 Å². The summed E-state index contributed by atoms with van der Waals surface area (Å²) < 4.78 is 0. The second-order valence-corrected chi connectivity index (χ2v) is 3.94. The van der Waals surface area contributed by atoms with Crippen LogP contribution in [0, 0.1) is 5.92 Å². The highest BCUT2D eigenvalue weighted by Gasteiger charge is 2.37. The number of nitrogens with zero attached hydrogens (tertiary/aromatic N) is 2. The van der Waals surface area contributed by atoms with Crippen LogP contribution in [0.1, 0.15) is 18.0 Å². The number of pyridine rings is 1. The van der Waals surface area contributed by atoms with Gasteiger partial charge in [-0.25, -0.2) is 0 Å². The van der Waals surface area contributed by atoms with Crippen molar-refractivity contribution in [2.75, 3.05) is 13.6 Å². The molecule has 1 fully saturated rings. The maximum absolute atomic E-state index is 11.1. The molecular weight excluding hydrogens is 192 g/mol. The second-order valence-electron chi connectivity index (χ2n) is 3.94. The van der Waals surface area contributed by atoms with Crippen molar-refractivity contribution in [3.8, 4) is 0 Å². The summed E-state index contributed by atoms with van der Waals surface area (Å²) in [6, 6.07) is 3.77. The summed E-state index contributed by atoms with van der Waals surface area (Å²) in [4.78, 5) is 17.1. The van der Waals surface area contributed by atoms with Crippen LogP contribution in [0.4, 0.5) is 0 Å². The molecule has 0 amide bonds. The van der Waals surface area contributed by atoms with Gasteiger partial charge in [-0.05, 0) is 37.7 Å². The molecule has 1 aromatic rings. The number of carboxylic acids is 1. The topological polar surface area (TPSA) is 53.4 Å². The van der Waals surface area contributed by atoms with E-state index in [0.717, 1.165) is 18.5 Å². The van der Waals surface area contributed by atoms with E-state index in [0.29, 0.717) is 0 Å². The SMILES string of the molecule is CN1CC[C@H](C(=O)O)[C@H]1c1ccncc1. The first-order valence-electron chi connectivity index (χ1n) is 5.03. The predicted molar refractivity (Wildman–Crippen MR) is 55.4 cm³/mol. The van der Waals surface area contributed by atoms with E-state index < -0.39 is 5.97 Å². The van der Waals surface area contributed by atoms with E-state index in [1.54, 1.807) is 12.4 Å². The minimum Gasteiger partial charge on any atom is -0.481 e. The predicted octanol–water partition coefficient (Wildman–Crippen LogP) is 1.16. The summed E-state index contributed by atoms with van der Waals surface area (Å²) in [6.07, 6.45) is 4.14. The first-order valence-corrected chi connectivity index (χ1v) is 5.03. The number of hydrogen-bond donors (Lipinski definition) is 1. The highest BCUT2D eigenvalue weighted by Crippen LogP contribution is 2.35. The molecule has 0 bridgehead atoms. The largest absolute Gasteiger partial charge is 0.481 e. The third kappa shape index (κ3) is 1.85.